The molecule has 1 aliphatic rings. The van der Waals surface area contributed by atoms with Crippen LogP contribution in [-0.2, 0) is 11.3 Å². The van der Waals surface area contributed by atoms with Crippen molar-refractivity contribution in [3.05, 3.63) is 90.1 Å². The fourth-order valence-corrected chi connectivity index (χ4v) is 4.19. The SMILES string of the molecule is CC/C=C\C(=O)N[C@@H]1CCN(Cc2ccc(-c3ncc(C#N)cc3-c3ccccc3)cc2)C1. The van der Waals surface area contributed by atoms with Crippen molar-refractivity contribution < 1.29 is 4.79 Å². The summed E-state index contributed by atoms with van der Waals surface area (Å²) in [5.41, 5.74) is 5.67. The minimum atomic E-state index is -0.00260. The van der Waals surface area contributed by atoms with E-state index in [1.54, 1.807) is 12.3 Å². The first-order chi connectivity index (χ1) is 16.2. The third-order valence-electron chi connectivity index (χ3n) is 5.86. The molecule has 1 N–H and O–H groups in total. The van der Waals surface area contributed by atoms with Crippen LogP contribution in [0.4, 0.5) is 0 Å². The molecule has 2 aromatic carbocycles. The zero-order valence-electron chi connectivity index (χ0n) is 18.9. The van der Waals surface area contributed by atoms with Gasteiger partial charge in [0.1, 0.15) is 6.07 Å². The molecule has 1 atom stereocenters. The molecule has 166 valence electrons. The Bertz CT molecular complexity index is 1160. The predicted molar refractivity (Wildman–Crippen MR) is 131 cm³/mol. The fourth-order valence-electron chi connectivity index (χ4n) is 4.19. The molecule has 3 aromatic rings. The smallest absolute Gasteiger partial charge is 0.243 e. The van der Waals surface area contributed by atoms with Crippen LogP contribution < -0.4 is 5.32 Å². The monoisotopic (exact) mass is 436 g/mol. The number of nitrogens with zero attached hydrogens (tertiary/aromatic N) is 3. The zero-order chi connectivity index (χ0) is 23.0. The van der Waals surface area contributed by atoms with E-state index in [0.29, 0.717) is 5.56 Å². The van der Waals surface area contributed by atoms with Gasteiger partial charge in [-0.1, -0.05) is 67.6 Å². The Labute approximate surface area is 195 Å². The number of carbonyl (C=O) groups is 1. The average Bonchev–Trinajstić information content (AvgIpc) is 3.29. The molecule has 1 amide bonds. The molecule has 1 fully saturated rings. The number of allylic oxidation sites excluding steroid dienone is 1. The van der Waals surface area contributed by atoms with Crippen molar-refractivity contribution in [1.82, 2.24) is 15.2 Å². The van der Waals surface area contributed by atoms with Crippen LogP contribution in [0.1, 0.15) is 30.9 Å². The van der Waals surface area contributed by atoms with Crippen LogP contribution in [-0.4, -0.2) is 34.9 Å². The molecule has 5 heteroatoms. The molecule has 0 saturated carbocycles. The second-order valence-corrected chi connectivity index (χ2v) is 8.33. The number of benzene rings is 2. The van der Waals surface area contributed by atoms with Crippen molar-refractivity contribution in [3.8, 4) is 28.5 Å². The molecule has 1 aliphatic heterocycles. The standard InChI is InChI=1S/C28H28N4O/c1-2-3-9-27(33)31-25-14-15-32(20-25)19-21-10-12-24(13-11-21)28-26(16-22(17-29)18-30-28)23-7-5-4-6-8-23/h3-13,16,18,25H,2,14-15,19-20H2,1H3,(H,31,33)/b9-3-/t25-/m1/s1. The van der Waals surface area contributed by atoms with Gasteiger partial charge in [0, 0.05) is 43.0 Å². The molecule has 33 heavy (non-hydrogen) atoms. The highest BCUT2D eigenvalue weighted by Gasteiger charge is 2.23. The van der Waals surface area contributed by atoms with E-state index in [2.05, 4.69) is 45.5 Å². The maximum absolute atomic E-state index is 11.9. The van der Waals surface area contributed by atoms with Crippen molar-refractivity contribution in [2.45, 2.75) is 32.4 Å². The fraction of sp³-hybridized carbons (Fsp3) is 0.250. The van der Waals surface area contributed by atoms with E-state index in [0.717, 1.165) is 54.9 Å². The van der Waals surface area contributed by atoms with Gasteiger partial charge in [0.25, 0.3) is 0 Å². The summed E-state index contributed by atoms with van der Waals surface area (Å²) in [7, 11) is 0. The van der Waals surface area contributed by atoms with Crippen molar-refractivity contribution in [2.24, 2.45) is 0 Å². The first-order valence-corrected chi connectivity index (χ1v) is 11.4. The van der Waals surface area contributed by atoms with Gasteiger partial charge in [-0.15, -0.1) is 0 Å². The van der Waals surface area contributed by atoms with Gasteiger partial charge in [0.15, 0.2) is 0 Å². The number of amides is 1. The van der Waals surface area contributed by atoms with E-state index >= 15 is 0 Å². The maximum atomic E-state index is 11.9. The van der Waals surface area contributed by atoms with E-state index < -0.39 is 0 Å². The highest BCUT2D eigenvalue weighted by molar-refractivity contribution is 5.87. The van der Waals surface area contributed by atoms with Crippen molar-refractivity contribution in [3.63, 3.8) is 0 Å². The van der Waals surface area contributed by atoms with E-state index in [4.69, 9.17) is 0 Å². The van der Waals surface area contributed by atoms with Gasteiger partial charge in [0.2, 0.25) is 5.91 Å². The molecular formula is C28H28N4O. The van der Waals surface area contributed by atoms with Crippen LogP contribution in [0.2, 0.25) is 0 Å². The maximum Gasteiger partial charge on any atom is 0.243 e. The summed E-state index contributed by atoms with van der Waals surface area (Å²) in [6.45, 7) is 4.71. The Morgan fingerprint density at radius 3 is 2.70 bits per heavy atom. The highest BCUT2D eigenvalue weighted by atomic mass is 16.1. The normalized spacial score (nSPS) is 16.1. The second-order valence-electron chi connectivity index (χ2n) is 8.33. The third kappa shape index (κ3) is 5.74. The lowest BCUT2D eigenvalue weighted by atomic mass is 9.97. The van der Waals surface area contributed by atoms with Gasteiger partial charge < -0.3 is 5.32 Å². The molecule has 1 aromatic heterocycles. The van der Waals surface area contributed by atoms with Gasteiger partial charge >= 0.3 is 0 Å². The summed E-state index contributed by atoms with van der Waals surface area (Å²) >= 11 is 0. The Balaban J connectivity index is 1.45. The first kappa shape index (κ1) is 22.4. The zero-order valence-corrected chi connectivity index (χ0v) is 18.9. The lowest BCUT2D eigenvalue weighted by molar-refractivity contribution is -0.117. The molecule has 0 unspecified atom stereocenters. The second kappa shape index (κ2) is 10.7. The van der Waals surface area contributed by atoms with E-state index in [-0.39, 0.29) is 11.9 Å². The van der Waals surface area contributed by atoms with Gasteiger partial charge in [-0.2, -0.15) is 5.26 Å². The summed E-state index contributed by atoms with van der Waals surface area (Å²) in [4.78, 5) is 18.9. The third-order valence-corrected chi connectivity index (χ3v) is 5.86. The number of likely N-dealkylation sites (tertiary alicyclic amines) is 1. The van der Waals surface area contributed by atoms with E-state index in [1.165, 1.54) is 5.56 Å². The molecule has 5 nitrogen and oxygen atoms in total. The summed E-state index contributed by atoms with van der Waals surface area (Å²) in [5, 5.41) is 12.4. The Kier molecular flexibility index (Phi) is 7.29. The van der Waals surface area contributed by atoms with Crippen LogP contribution in [0.5, 0.6) is 0 Å². The van der Waals surface area contributed by atoms with Crippen LogP contribution in [0.15, 0.2) is 79.0 Å². The highest BCUT2D eigenvalue weighted by Crippen LogP contribution is 2.31. The van der Waals surface area contributed by atoms with E-state index in [9.17, 15) is 10.1 Å². The molecule has 0 spiro atoms. The summed E-state index contributed by atoms with van der Waals surface area (Å²) in [6, 6.07) is 22.8. The number of rotatable bonds is 7. The average molecular weight is 437 g/mol. The lowest BCUT2D eigenvalue weighted by Crippen LogP contribution is -2.35. The van der Waals surface area contributed by atoms with Crippen molar-refractivity contribution >= 4 is 5.91 Å². The number of nitriles is 1. The molecule has 0 bridgehead atoms. The van der Waals surface area contributed by atoms with Gasteiger partial charge in [-0.3, -0.25) is 14.7 Å². The molecule has 2 heterocycles. The van der Waals surface area contributed by atoms with E-state index in [1.807, 2.05) is 49.4 Å². The largest absolute Gasteiger partial charge is 0.348 e. The quantitative estimate of drug-likeness (QED) is 0.533. The van der Waals surface area contributed by atoms with Crippen molar-refractivity contribution in [2.75, 3.05) is 13.1 Å². The molecular weight excluding hydrogens is 408 g/mol. The summed E-state index contributed by atoms with van der Waals surface area (Å²) in [6.07, 6.45) is 6.98. The predicted octanol–water partition coefficient (Wildman–Crippen LogP) is 4.94. The Hall–Kier alpha value is -3.75. The number of nitrogens with one attached hydrogen (secondary N) is 1. The Morgan fingerprint density at radius 2 is 1.97 bits per heavy atom. The summed E-state index contributed by atoms with van der Waals surface area (Å²) in [5.74, 6) is -0.00260. The van der Waals surface area contributed by atoms with Gasteiger partial charge in [-0.05, 0) is 36.1 Å². The van der Waals surface area contributed by atoms with Crippen LogP contribution >= 0.6 is 0 Å². The molecule has 1 saturated heterocycles. The van der Waals surface area contributed by atoms with Gasteiger partial charge in [0.05, 0.1) is 11.3 Å². The molecule has 4 rings (SSSR count). The number of carbonyl (C=O) groups excluding carboxylic acids is 1. The Morgan fingerprint density at radius 1 is 1.18 bits per heavy atom. The van der Waals surface area contributed by atoms with Crippen LogP contribution in [0.3, 0.4) is 0 Å². The van der Waals surface area contributed by atoms with Crippen LogP contribution in [0.25, 0.3) is 22.4 Å². The minimum Gasteiger partial charge on any atom is -0.348 e. The topological polar surface area (TPSA) is 69.0 Å². The number of pyridine rings is 1. The number of aromatic nitrogens is 1. The molecule has 0 aliphatic carbocycles. The van der Waals surface area contributed by atoms with Gasteiger partial charge in [-0.25, -0.2) is 0 Å². The number of hydrogen-bond acceptors (Lipinski definition) is 4. The minimum absolute atomic E-state index is 0.00260. The van der Waals surface area contributed by atoms with Crippen LogP contribution in [0, 0.1) is 11.3 Å². The summed E-state index contributed by atoms with van der Waals surface area (Å²) < 4.78 is 0. The van der Waals surface area contributed by atoms with Crippen molar-refractivity contribution in [1.29, 1.82) is 5.26 Å². The molecule has 0 radical (unpaired) electrons. The first-order valence-electron chi connectivity index (χ1n) is 11.4. The lowest BCUT2D eigenvalue weighted by Gasteiger charge is -2.17. The number of hydrogen-bond donors (Lipinski definition) is 1.